The number of nitriles is 1. The molecule has 28 heavy (non-hydrogen) atoms. The number of aryl methyl sites for hydroxylation is 1. The first-order chi connectivity index (χ1) is 13.5. The van der Waals surface area contributed by atoms with Gasteiger partial charge in [0.1, 0.15) is 28.1 Å². The topological polar surface area (TPSA) is 67.2 Å². The average molecular weight is 412 g/mol. The van der Waals surface area contributed by atoms with E-state index in [1.165, 1.54) is 24.0 Å². The molecule has 142 valence electrons. The third-order valence-electron chi connectivity index (χ3n) is 4.05. The van der Waals surface area contributed by atoms with Crippen LogP contribution in [0.15, 0.2) is 48.0 Å². The molecule has 0 fully saturated rings. The van der Waals surface area contributed by atoms with Crippen molar-refractivity contribution in [2.75, 3.05) is 19.5 Å². The van der Waals surface area contributed by atoms with Crippen molar-refractivity contribution in [2.24, 2.45) is 0 Å². The summed E-state index contributed by atoms with van der Waals surface area (Å²) >= 11 is 7.55. The number of ether oxygens (including phenoxy) is 2. The Labute approximate surface area is 172 Å². The smallest absolute Gasteiger partial charge is 0.144 e. The summed E-state index contributed by atoms with van der Waals surface area (Å²) in [4.78, 5) is 4.59. The molecule has 0 saturated carbocycles. The van der Waals surface area contributed by atoms with Crippen LogP contribution in [0.5, 0.6) is 11.5 Å². The first kappa shape index (κ1) is 19.7. The molecule has 0 bridgehead atoms. The summed E-state index contributed by atoms with van der Waals surface area (Å²) in [7, 11) is 3.09. The van der Waals surface area contributed by atoms with E-state index in [9.17, 15) is 5.26 Å². The van der Waals surface area contributed by atoms with Gasteiger partial charge in [0.25, 0.3) is 0 Å². The van der Waals surface area contributed by atoms with Gasteiger partial charge in [0.2, 0.25) is 0 Å². The Balaban J connectivity index is 1.88. The van der Waals surface area contributed by atoms with Crippen LogP contribution in [-0.2, 0) is 0 Å². The van der Waals surface area contributed by atoms with Crippen molar-refractivity contribution < 1.29 is 9.47 Å². The molecule has 7 heteroatoms. The lowest BCUT2D eigenvalue weighted by Gasteiger charge is -2.12. The van der Waals surface area contributed by atoms with Crippen molar-refractivity contribution in [3.05, 3.63) is 63.6 Å². The molecule has 1 N–H and O–H groups in total. The van der Waals surface area contributed by atoms with Crippen LogP contribution in [0, 0.1) is 18.3 Å². The van der Waals surface area contributed by atoms with Crippen molar-refractivity contribution in [3.63, 3.8) is 0 Å². The van der Waals surface area contributed by atoms with E-state index in [0.717, 1.165) is 11.3 Å². The quantitative estimate of drug-likeness (QED) is 0.522. The Hall–Kier alpha value is -3.01. The average Bonchev–Trinajstić information content (AvgIpc) is 3.19. The molecule has 0 aliphatic carbocycles. The molecule has 2 aromatic carbocycles. The summed E-state index contributed by atoms with van der Waals surface area (Å²) in [5.41, 5.74) is 4.09. The summed E-state index contributed by atoms with van der Waals surface area (Å²) in [5, 5.41) is 15.7. The second-order valence-electron chi connectivity index (χ2n) is 5.91. The van der Waals surface area contributed by atoms with Gasteiger partial charge in [0.15, 0.2) is 0 Å². The number of benzene rings is 2. The van der Waals surface area contributed by atoms with Crippen molar-refractivity contribution in [1.82, 2.24) is 4.98 Å². The highest BCUT2D eigenvalue weighted by molar-refractivity contribution is 7.11. The zero-order chi connectivity index (χ0) is 20.1. The number of methoxy groups -OCH3 is 2. The zero-order valence-corrected chi connectivity index (χ0v) is 17.2. The third-order valence-corrected chi connectivity index (χ3v) is 5.22. The lowest BCUT2D eigenvalue weighted by molar-refractivity contribution is 0.405. The van der Waals surface area contributed by atoms with Gasteiger partial charge >= 0.3 is 0 Å². The molecule has 5 nitrogen and oxygen atoms in total. The standard InChI is InChI=1S/C21H18ClN3O2S/c1-13-4-6-14(7-5-13)18-12-28-21(25-18)15(10-23)11-24-17-9-19(26-2)16(22)8-20(17)27-3/h4-9,11-12,24H,1-3H3. The number of hydrogen-bond donors (Lipinski definition) is 1. The fraction of sp³-hybridized carbons (Fsp3) is 0.143. The SMILES string of the molecule is COc1cc(NC=C(C#N)c2nc(-c3ccc(C)cc3)cs2)c(OC)cc1Cl. The first-order valence-corrected chi connectivity index (χ1v) is 9.62. The molecule has 3 aromatic rings. The zero-order valence-electron chi connectivity index (χ0n) is 15.6. The number of allylic oxidation sites excluding steroid dienone is 1. The van der Waals surface area contributed by atoms with Crippen molar-refractivity contribution >= 4 is 34.2 Å². The minimum atomic E-state index is 0.416. The van der Waals surface area contributed by atoms with Crippen LogP contribution in [-0.4, -0.2) is 19.2 Å². The normalized spacial score (nSPS) is 11.0. The molecule has 0 saturated heterocycles. The van der Waals surface area contributed by atoms with Crippen LogP contribution < -0.4 is 14.8 Å². The maximum Gasteiger partial charge on any atom is 0.144 e. The van der Waals surface area contributed by atoms with Gasteiger partial charge in [0.05, 0.1) is 30.6 Å². The number of hydrogen-bond acceptors (Lipinski definition) is 6. The van der Waals surface area contributed by atoms with E-state index < -0.39 is 0 Å². The van der Waals surface area contributed by atoms with Crippen molar-refractivity contribution in [3.8, 4) is 28.8 Å². The van der Waals surface area contributed by atoms with Crippen LogP contribution in [0.2, 0.25) is 5.02 Å². The number of nitrogens with zero attached hydrogens (tertiary/aromatic N) is 2. The van der Waals surface area contributed by atoms with Crippen molar-refractivity contribution in [2.45, 2.75) is 6.92 Å². The number of anilines is 1. The van der Waals surface area contributed by atoms with Gasteiger partial charge in [-0.2, -0.15) is 5.26 Å². The van der Waals surface area contributed by atoms with Gasteiger partial charge in [-0.15, -0.1) is 11.3 Å². The fourth-order valence-electron chi connectivity index (χ4n) is 2.52. The largest absolute Gasteiger partial charge is 0.495 e. The highest BCUT2D eigenvalue weighted by atomic mass is 35.5. The minimum Gasteiger partial charge on any atom is -0.495 e. The summed E-state index contributed by atoms with van der Waals surface area (Å²) < 4.78 is 10.6. The minimum absolute atomic E-state index is 0.416. The van der Waals surface area contributed by atoms with Gasteiger partial charge in [0, 0.05) is 29.3 Å². The molecule has 0 aliphatic heterocycles. The first-order valence-electron chi connectivity index (χ1n) is 8.37. The van der Waals surface area contributed by atoms with Gasteiger partial charge in [-0.3, -0.25) is 0 Å². The highest BCUT2D eigenvalue weighted by Gasteiger charge is 2.12. The van der Waals surface area contributed by atoms with Crippen LogP contribution >= 0.6 is 22.9 Å². The van der Waals surface area contributed by atoms with E-state index in [2.05, 4.69) is 16.4 Å². The summed E-state index contributed by atoms with van der Waals surface area (Å²) in [5.74, 6) is 1.05. The summed E-state index contributed by atoms with van der Waals surface area (Å²) in [6.45, 7) is 2.04. The molecule has 0 radical (unpaired) electrons. The third kappa shape index (κ3) is 4.28. The van der Waals surface area contributed by atoms with Gasteiger partial charge < -0.3 is 14.8 Å². The Kier molecular flexibility index (Phi) is 6.19. The maximum atomic E-state index is 9.58. The van der Waals surface area contributed by atoms with Crippen LogP contribution in [0.1, 0.15) is 10.6 Å². The Morgan fingerprint density at radius 2 is 1.89 bits per heavy atom. The lowest BCUT2D eigenvalue weighted by atomic mass is 10.1. The number of nitrogens with one attached hydrogen (secondary N) is 1. The molecule has 1 aromatic heterocycles. The Bertz CT molecular complexity index is 1050. The monoisotopic (exact) mass is 411 g/mol. The Morgan fingerprint density at radius 1 is 1.18 bits per heavy atom. The van der Waals surface area contributed by atoms with Crippen LogP contribution in [0.25, 0.3) is 16.8 Å². The predicted molar refractivity (Wildman–Crippen MR) is 114 cm³/mol. The van der Waals surface area contributed by atoms with Crippen molar-refractivity contribution in [1.29, 1.82) is 5.26 Å². The number of rotatable bonds is 6. The molecule has 1 heterocycles. The number of aromatic nitrogens is 1. The van der Waals surface area contributed by atoms with E-state index >= 15 is 0 Å². The Morgan fingerprint density at radius 3 is 2.54 bits per heavy atom. The van der Waals surface area contributed by atoms with Gasteiger partial charge in [-0.25, -0.2) is 4.98 Å². The molecule has 0 unspecified atom stereocenters. The molecule has 3 rings (SSSR count). The van der Waals surface area contributed by atoms with E-state index in [0.29, 0.717) is 32.8 Å². The second-order valence-corrected chi connectivity index (χ2v) is 7.17. The molecular weight excluding hydrogens is 394 g/mol. The van der Waals surface area contributed by atoms with E-state index in [1.807, 2.05) is 36.6 Å². The molecule has 0 atom stereocenters. The number of thiazole rings is 1. The van der Waals surface area contributed by atoms with E-state index in [4.69, 9.17) is 21.1 Å². The predicted octanol–water partition coefficient (Wildman–Crippen LogP) is 5.77. The van der Waals surface area contributed by atoms with Crippen LogP contribution in [0.4, 0.5) is 5.69 Å². The van der Waals surface area contributed by atoms with Crippen LogP contribution in [0.3, 0.4) is 0 Å². The number of halogens is 1. The fourth-order valence-corrected chi connectivity index (χ4v) is 3.54. The summed E-state index contributed by atoms with van der Waals surface area (Å²) in [6.07, 6.45) is 1.60. The van der Waals surface area contributed by atoms with E-state index in [1.54, 1.807) is 25.4 Å². The lowest BCUT2D eigenvalue weighted by Crippen LogP contribution is -1.96. The second kappa shape index (κ2) is 8.79. The van der Waals surface area contributed by atoms with Gasteiger partial charge in [-0.05, 0) is 6.92 Å². The molecule has 0 aliphatic rings. The molecule has 0 spiro atoms. The molecule has 0 amide bonds. The van der Waals surface area contributed by atoms with Gasteiger partial charge in [-0.1, -0.05) is 41.4 Å². The summed E-state index contributed by atoms with van der Waals surface area (Å²) in [6, 6.07) is 13.7. The van der Waals surface area contributed by atoms with E-state index in [-0.39, 0.29) is 0 Å². The molecular formula is C21H18ClN3O2S. The highest BCUT2D eigenvalue weighted by Crippen LogP contribution is 2.36. The maximum absolute atomic E-state index is 9.58.